The molecule has 2 rings (SSSR count). The predicted molar refractivity (Wildman–Crippen MR) is 74.5 cm³/mol. The van der Waals surface area contributed by atoms with E-state index in [0.29, 0.717) is 6.54 Å². The Labute approximate surface area is 114 Å². The van der Waals surface area contributed by atoms with Crippen molar-refractivity contribution in [3.8, 4) is 0 Å². The van der Waals surface area contributed by atoms with Gasteiger partial charge in [-0.15, -0.1) is 0 Å². The van der Waals surface area contributed by atoms with Crippen molar-refractivity contribution in [2.75, 3.05) is 26.7 Å². The van der Waals surface area contributed by atoms with E-state index in [4.69, 9.17) is 10.5 Å². The molecule has 106 valence electrons. The Bertz CT molecular complexity index is 425. The standard InChI is InChI=1S/C15H23FN2O/c1-11-5-6-12(16)8-14(11)15(9-17)18-7-3-4-13(10-18)19-2/h5-6,8,13,15H,3-4,7,9-10,17H2,1-2H3. The fourth-order valence-corrected chi connectivity index (χ4v) is 2.88. The third-order valence-corrected chi connectivity index (χ3v) is 4.01. The average molecular weight is 266 g/mol. The summed E-state index contributed by atoms with van der Waals surface area (Å²) in [4.78, 5) is 2.32. The molecule has 2 atom stereocenters. The van der Waals surface area contributed by atoms with Gasteiger partial charge in [-0.05, 0) is 49.6 Å². The summed E-state index contributed by atoms with van der Waals surface area (Å²) in [6, 6.07) is 5.02. The van der Waals surface area contributed by atoms with E-state index in [1.165, 1.54) is 6.07 Å². The average Bonchev–Trinajstić information content (AvgIpc) is 2.44. The molecular formula is C15H23FN2O. The number of benzene rings is 1. The minimum atomic E-state index is -0.195. The van der Waals surface area contributed by atoms with Crippen LogP contribution in [0.5, 0.6) is 0 Å². The zero-order valence-corrected chi connectivity index (χ0v) is 11.7. The molecule has 3 nitrogen and oxygen atoms in total. The summed E-state index contributed by atoms with van der Waals surface area (Å²) in [7, 11) is 1.75. The monoisotopic (exact) mass is 266 g/mol. The molecule has 1 aliphatic heterocycles. The maximum Gasteiger partial charge on any atom is 0.123 e. The van der Waals surface area contributed by atoms with Gasteiger partial charge in [0.1, 0.15) is 5.82 Å². The molecule has 0 radical (unpaired) electrons. The summed E-state index contributed by atoms with van der Waals surface area (Å²) in [6.45, 7) is 4.38. The smallest absolute Gasteiger partial charge is 0.123 e. The molecule has 4 heteroatoms. The SMILES string of the molecule is COC1CCCN(C(CN)c2cc(F)ccc2C)C1. The van der Waals surface area contributed by atoms with Gasteiger partial charge in [0.25, 0.3) is 0 Å². The predicted octanol–water partition coefficient (Wildman–Crippen LogP) is 2.24. The summed E-state index contributed by atoms with van der Waals surface area (Å²) in [5.74, 6) is -0.195. The van der Waals surface area contributed by atoms with E-state index in [1.54, 1.807) is 13.2 Å². The van der Waals surface area contributed by atoms with Crippen molar-refractivity contribution < 1.29 is 9.13 Å². The topological polar surface area (TPSA) is 38.5 Å². The van der Waals surface area contributed by atoms with Crippen LogP contribution in [-0.4, -0.2) is 37.7 Å². The van der Waals surface area contributed by atoms with Gasteiger partial charge in [-0.2, -0.15) is 0 Å². The molecule has 0 aliphatic carbocycles. The van der Waals surface area contributed by atoms with Gasteiger partial charge in [0.2, 0.25) is 0 Å². The van der Waals surface area contributed by atoms with Crippen LogP contribution in [0, 0.1) is 12.7 Å². The Balaban J connectivity index is 2.21. The number of rotatable bonds is 4. The molecule has 2 N–H and O–H groups in total. The number of halogens is 1. The molecule has 1 aromatic rings. The fourth-order valence-electron chi connectivity index (χ4n) is 2.88. The number of hydrogen-bond donors (Lipinski definition) is 1. The number of methoxy groups -OCH3 is 1. The van der Waals surface area contributed by atoms with Gasteiger partial charge in [-0.1, -0.05) is 6.07 Å². The largest absolute Gasteiger partial charge is 0.380 e. The van der Waals surface area contributed by atoms with Gasteiger partial charge < -0.3 is 10.5 Å². The van der Waals surface area contributed by atoms with Crippen molar-refractivity contribution in [3.05, 3.63) is 35.1 Å². The first-order chi connectivity index (χ1) is 9.15. The van der Waals surface area contributed by atoms with Crippen LogP contribution in [0.25, 0.3) is 0 Å². The van der Waals surface area contributed by atoms with Gasteiger partial charge in [-0.3, -0.25) is 4.90 Å². The number of nitrogens with two attached hydrogens (primary N) is 1. The quantitative estimate of drug-likeness (QED) is 0.908. The van der Waals surface area contributed by atoms with E-state index in [1.807, 2.05) is 13.0 Å². The lowest BCUT2D eigenvalue weighted by atomic mass is 9.97. The molecule has 0 amide bonds. The number of hydrogen-bond acceptors (Lipinski definition) is 3. The third kappa shape index (κ3) is 3.32. The molecule has 0 spiro atoms. The van der Waals surface area contributed by atoms with Crippen molar-refractivity contribution in [1.82, 2.24) is 4.90 Å². The number of aryl methyl sites for hydroxylation is 1. The van der Waals surface area contributed by atoms with Crippen LogP contribution in [0.3, 0.4) is 0 Å². The Morgan fingerprint density at radius 1 is 1.53 bits per heavy atom. The molecule has 2 unspecified atom stereocenters. The lowest BCUT2D eigenvalue weighted by molar-refractivity contribution is 0.0153. The Morgan fingerprint density at radius 3 is 3.00 bits per heavy atom. The van der Waals surface area contributed by atoms with E-state index in [9.17, 15) is 4.39 Å². The number of likely N-dealkylation sites (tertiary alicyclic amines) is 1. The van der Waals surface area contributed by atoms with Crippen LogP contribution in [0.1, 0.15) is 30.0 Å². The molecule has 1 heterocycles. The van der Waals surface area contributed by atoms with Crippen LogP contribution < -0.4 is 5.73 Å². The minimum absolute atomic E-state index is 0.0775. The first-order valence-corrected chi connectivity index (χ1v) is 6.88. The zero-order valence-electron chi connectivity index (χ0n) is 11.7. The molecule has 1 aromatic carbocycles. The lowest BCUT2D eigenvalue weighted by Gasteiger charge is -2.38. The summed E-state index contributed by atoms with van der Waals surface area (Å²) in [5, 5.41) is 0. The number of nitrogens with zero attached hydrogens (tertiary/aromatic N) is 1. The summed E-state index contributed by atoms with van der Waals surface area (Å²) >= 11 is 0. The highest BCUT2D eigenvalue weighted by atomic mass is 19.1. The first kappa shape index (κ1) is 14.4. The van der Waals surface area contributed by atoms with E-state index in [-0.39, 0.29) is 18.0 Å². The maximum absolute atomic E-state index is 13.5. The highest BCUT2D eigenvalue weighted by Crippen LogP contribution is 2.27. The van der Waals surface area contributed by atoms with Gasteiger partial charge in [0.15, 0.2) is 0 Å². The van der Waals surface area contributed by atoms with Gasteiger partial charge in [0, 0.05) is 26.2 Å². The number of piperidine rings is 1. The summed E-state index contributed by atoms with van der Waals surface area (Å²) < 4.78 is 18.9. The molecular weight excluding hydrogens is 243 g/mol. The van der Waals surface area contributed by atoms with Crippen molar-refractivity contribution in [2.24, 2.45) is 5.73 Å². The maximum atomic E-state index is 13.5. The fraction of sp³-hybridized carbons (Fsp3) is 0.600. The number of ether oxygens (including phenoxy) is 1. The molecule has 0 aromatic heterocycles. The van der Waals surface area contributed by atoms with Crippen LogP contribution >= 0.6 is 0 Å². The lowest BCUT2D eigenvalue weighted by Crippen LogP contribution is -2.43. The molecule has 0 bridgehead atoms. The highest BCUT2D eigenvalue weighted by molar-refractivity contribution is 5.30. The Hall–Kier alpha value is -0.970. The highest BCUT2D eigenvalue weighted by Gasteiger charge is 2.27. The van der Waals surface area contributed by atoms with Crippen molar-refractivity contribution in [1.29, 1.82) is 0 Å². The van der Waals surface area contributed by atoms with Crippen molar-refractivity contribution >= 4 is 0 Å². The first-order valence-electron chi connectivity index (χ1n) is 6.88. The van der Waals surface area contributed by atoms with Crippen LogP contribution in [0.15, 0.2) is 18.2 Å². The van der Waals surface area contributed by atoms with E-state index in [0.717, 1.165) is 37.1 Å². The minimum Gasteiger partial charge on any atom is -0.380 e. The third-order valence-electron chi connectivity index (χ3n) is 4.01. The van der Waals surface area contributed by atoms with Crippen molar-refractivity contribution in [3.63, 3.8) is 0 Å². The Morgan fingerprint density at radius 2 is 2.32 bits per heavy atom. The molecule has 19 heavy (non-hydrogen) atoms. The van der Waals surface area contributed by atoms with Gasteiger partial charge in [0.05, 0.1) is 6.10 Å². The van der Waals surface area contributed by atoms with Crippen LogP contribution in [-0.2, 0) is 4.74 Å². The second-order valence-corrected chi connectivity index (χ2v) is 5.25. The van der Waals surface area contributed by atoms with Gasteiger partial charge >= 0.3 is 0 Å². The van der Waals surface area contributed by atoms with Crippen LogP contribution in [0.2, 0.25) is 0 Å². The zero-order chi connectivity index (χ0) is 13.8. The molecule has 1 fully saturated rings. The summed E-state index contributed by atoms with van der Waals surface area (Å²) in [5.41, 5.74) is 8.03. The molecule has 1 aliphatic rings. The second kappa shape index (κ2) is 6.46. The molecule has 1 saturated heterocycles. The van der Waals surface area contributed by atoms with E-state index < -0.39 is 0 Å². The second-order valence-electron chi connectivity index (χ2n) is 5.25. The molecule has 0 saturated carbocycles. The van der Waals surface area contributed by atoms with Gasteiger partial charge in [-0.25, -0.2) is 4.39 Å². The normalized spacial score (nSPS) is 22.4. The Kier molecular flexibility index (Phi) is 4.91. The summed E-state index contributed by atoms with van der Waals surface area (Å²) in [6.07, 6.45) is 2.45. The van der Waals surface area contributed by atoms with E-state index >= 15 is 0 Å². The van der Waals surface area contributed by atoms with E-state index in [2.05, 4.69) is 4.90 Å². The van der Waals surface area contributed by atoms with Crippen LogP contribution in [0.4, 0.5) is 4.39 Å². The van der Waals surface area contributed by atoms with Crippen molar-refractivity contribution in [2.45, 2.75) is 31.9 Å².